The summed E-state index contributed by atoms with van der Waals surface area (Å²) in [5.41, 5.74) is 6.15. The van der Waals surface area contributed by atoms with Crippen LogP contribution in [0.4, 0.5) is 5.69 Å². The number of aryl methyl sites for hydroxylation is 1. The molecule has 0 aliphatic heterocycles. The number of aromatic nitrogens is 1. The first-order valence-corrected chi connectivity index (χ1v) is 6.58. The van der Waals surface area contributed by atoms with E-state index in [1.54, 1.807) is 24.4 Å². The largest absolute Gasteiger partial charge is 0.460 e. The number of anilines is 1. The summed E-state index contributed by atoms with van der Waals surface area (Å²) in [6.45, 7) is 2.34. The highest BCUT2D eigenvalue weighted by Gasteiger charge is 2.12. The smallest absolute Gasteiger partial charge is 0.348 e. The van der Waals surface area contributed by atoms with Gasteiger partial charge in [-0.2, -0.15) is 0 Å². The Morgan fingerprint density at radius 3 is 2.89 bits per heavy atom. The van der Waals surface area contributed by atoms with Crippen LogP contribution in [0.5, 0.6) is 0 Å². The topological polar surface area (TPSA) is 74.3 Å². The van der Waals surface area contributed by atoms with Gasteiger partial charge in [0.1, 0.15) is 11.5 Å². The van der Waals surface area contributed by atoms with Crippen LogP contribution in [-0.4, -0.2) is 17.1 Å². The normalized spacial score (nSPS) is 10.4. The number of nitrogen functional groups attached to an aromatic ring is 1. The van der Waals surface area contributed by atoms with E-state index in [9.17, 15) is 9.59 Å². The summed E-state index contributed by atoms with van der Waals surface area (Å²) in [6.07, 6.45) is 1.66. The molecule has 0 fully saturated rings. The van der Waals surface area contributed by atoms with Crippen molar-refractivity contribution < 1.29 is 9.53 Å². The van der Waals surface area contributed by atoms with Gasteiger partial charge in [-0.3, -0.25) is 4.79 Å². The van der Waals surface area contributed by atoms with Gasteiger partial charge in [-0.05, 0) is 19.1 Å². The number of carbonyl (C=O) groups excluding carboxylic acids is 1. The predicted octanol–water partition coefficient (Wildman–Crippen LogP) is 1.66. The monoisotopic (exact) mass is 278 g/mol. The van der Waals surface area contributed by atoms with Crippen molar-refractivity contribution in [2.75, 3.05) is 12.3 Å². The van der Waals surface area contributed by atoms with Crippen LogP contribution in [0.25, 0.3) is 0 Å². The molecule has 0 bridgehead atoms. The summed E-state index contributed by atoms with van der Waals surface area (Å²) in [5, 5.41) is 0. The fraction of sp³-hybridized carbons (Fsp3) is 0.231. The molecule has 6 heteroatoms. The second kappa shape index (κ2) is 5.71. The maximum Gasteiger partial charge on any atom is 0.348 e. The molecule has 2 rings (SSSR count). The highest BCUT2D eigenvalue weighted by atomic mass is 32.1. The third-order valence-electron chi connectivity index (χ3n) is 2.62. The van der Waals surface area contributed by atoms with Gasteiger partial charge in [0.25, 0.3) is 5.56 Å². The van der Waals surface area contributed by atoms with Crippen molar-refractivity contribution >= 4 is 23.0 Å². The first kappa shape index (κ1) is 13.4. The summed E-state index contributed by atoms with van der Waals surface area (Å²) in [4.78, 5) is 24.5. The quantitative estimate of drug-likeness (QED) is 0.863. The van der Waals surface area contributed by atoms with Gasteiger partial charge in [0, 0.05) is 22.8 Å². The number of hydrogen-bond acceptors (Lipinski definition) is 5. The van der Waals surface area contributed by atoms with E-state index in [0.717, 1.165) is 4.88 Å². The fourth-order valence-corrected chi connectivity index (χ4v) is 2.38. The summed E-state index contributed by atoms with van der Waals surface area (Å²) in [7, 11) is 0. The number of thiophene rings is 1. The second-order valence-electron chi connectivity index (χ2n) is 3.99. The number of pyridine rings is 1. The van der Waals surface area contributed by atoms with Gasteiger partial charge < -0.3 is 15.0 Å². The van der Waals surface area contributed by atoms with Gasteiger partial charge in [0.05, 0.1) is 6.54 Å². The number of nitrogens with zero attached hydrogens (tertiary/aromatic N) is 1. The van der Waals surface area contributed by atoms with Crippen molar-refractivity contribution in [2.45, 2.75) is 13.5 Å². The molecule has 2 heterocycles. The molecule has 0 saturated carbocycles. The first-order valence-electron chi connectivity index (χ1n) is 5.76. The predicted molar refractivity (Wildman–Crippen MR) is 74.5 cm³/mol. The average Bonchev–Trinajstić information content (AvgIpc) is 2.72. The van der Waals surface area contributed by atoms with Crippen molar-refractivity contribution in [3.8, 4) is 0 Å². The highest BCUT2D eigenvalue weighted by molar-refractivity contribution is 7.14. The number of rotatable bonds is 4. The molecule has 2 aromatic rings. The minimum atomic E-state index is -0.409. The molecule has 0 unspecified atom stereocenters. The van der Waals surface area contributed by atoms with Crippen molar-refractivity contribution in [3.05, 3.63) is 50.6 Å². The Balaban J connectivity index is 1.91. The molecule has 100 valence electrons. The molecule has 0 atom stereocenters. The van der Waals surface area contributed by atoms with E-state index >= 15 is 0 Å². The third-order valence-corrected chi connectivity index (χ3v) is 3.67. The number of carbonyl (C=O) groups is 1. The molecule has 0 aliphatic carbocycles. The van der Waals surface area contributed by atoms with Crippen LogP contribution in [0, 0.1) is 6.92 Å². The Bertz CT molecular complexity index is 626. The van der Waals surface area contributed by atoms with Crippen molar-refractivity contribution in [1.82, 2.24) is 4.57 Å². The van der Waals surface area contributed by atoms with Gasteiger partial charge in [-0.15, -0.1) is 11.3 Å². The zero-order valence-corrected chi connectivity index (χ0v) is 11.3. The molecule has 0 radical (unpaired) electrons. The Kier molecular flexibility index (Phi) is 4.01. The van der Waals surface area contributed by atoms with Crippen LogP contribution in [-0.2, 0) is 11.3 Å². The lowest BCUT2D eigenvalue weighted by Crippen LogP contribution is -2.21. The first-order chi connectivity index (χ1) is 9.08. The molecule has 0 saturated heterocycles. The number of nitrogens with two attached hydrogens (primary N) is 1. The van der Waals surface area contributed by atoms with Crippen molar-refractivity contribution in [2.24, 2.45) is 0 Å². The van der Waals surface area contributed by atoms with E-state index in [1.165, 1.54) is 22.0 Å². The lowest BCUT2D eigenvalue weighted by atomic mass is 10.4. The van der Waals surface area contributed by atoms with E-state index in [-0.39, 0.29) is 12.2 Å². The van der Waals surface area contributed by atoms with E-state index in [4.69, 9.17) is 10.5 Å². The van der Waals surface area contributed by atoms with Crippen molar-refractivity contribution in [3.63, 3.8) is 0 Å². The van der Waals surface area contributed by atoms with Crippen LogP contribution in [0.3, 0.4) is 0 Å². The Labute approximate surface area is 114 Å². The average molecular weight is 278 g/mol. The zero-order chi connectivity index (χ0) is 13.8. The summed E-state index contributed by atoms with van der Waals surface area (Å²) in [5.74, 6) is -0.409. The molecule has 0 aromatic carbocycles. The van der Waals surface area contributed by atoms with Gasteiger partial charge in [-0.25, -0.2) is 4.79 Å². The van der Waals surface area contributed by atoms with Crippen LogP contribution >= 0.6 is 11.3 Å². The minimum Gasteiger partial charge on any atom is -0.460 e. The summed E-state index contributed by atoms with van der Waals surface area (Å²) >= 11 is 1.30. The maximum atomic E-state index is 11.7. The van der Waals surface area contributed by atoms with Crippen molar-refractivity contribution in [1.29, 1.82) is 0 Å². The Hall–Kier alpha value is -2.08. The molecule has 5 nitrogen and oxygen atoms in total. The lowest BCUT2D eigenvalue weighted by molar-refractivity contribution is 0.0496. The molecule has 0 amide bonds. The molecule has 19 heavy (non-hydrogen) atoms. The van der Waals surface area contributed by atoms with E-state index in [1.807, 2.05) is 6.92 Å². The van der Waals surface area contributed by atoms with Crippen LogP contribution in [0.1, 0.15) is 14.5 Å². The van der Waals surface area contributed by atoms with Crippen LogP contribution < -0.4 is 11.3 Å². The molecule has 0 spiro atoms. The van der Waals surface area contributed by atoms with Gasteiger partial charge >= 0.3 is 5.97 Å². The number of hydrogen-bond donors (Lipinski definition) is 1. The third kappa shape index (κ3) is 3.23. The number of esters is 1. The number of ether oxygens (including phenoxy) is 1. The Morgan fingerprint density at radius 2 is 2.26 bits per heavy atom. The van der Waals surface area contributed by atoms with E-state index < -0.39 is 5.97 Å². The van der Waals surface area contributed by atoms with Gasteiger partial charge in [0.15, 0.2) is 0 Å². The molecule has 0 aliphatic rings. The van der Waals surface area contributed by atoms with Crippen LogP contribution in [0.2, 0.25) is 0 Å². The standard InChI is InChI=1S/C13H14N2O3S/c1-9-10(14)8-11(19-9)13(17)18-7-6-15-5-3-2-4-12(15)16/h2-5,8H,6-7,14H2,1H3. The lowest BCUT2D eigenvalue weighted by Gasteiger charge is -2.05. The maximum absolute atomic E-state index is 11.7. The molecular formula is C13H14N2O3S. The van der Waals surface area contributed by atoms with Gasteiger partial charge in [-0.1, -0.05) is 6.07 Å². The summed E-state index contributed by atoms with van der Waals surface area (Å²) in [6, 6.07) is 6.50. The second-order valence-corrected chi connectivity index (χ2v) is 5.25. The SMILES string of the molecule is Cc1sc(C(=O)OCCn2ccccc2=O)cc1N. The van der Waals surface area contributed by atoms with Crippen LogP contribution in [0.15, 0.2) is 35.3 Å². The van der Waals surface area contributed by atoms with E-state index in [2.05, 4.69) is 0 Å². The molecular weight excluding hydrogens is 264 g/mol. The Morgan fingerprint density at radius 1 is 1.47 bits per heavy atom. The fourth-order valence-electron chi connectivity index (χ4n) is 1.55. The molecule has 2 aromatic heterocycles. The minimum absolute atomic E-state index is 0.116. The summed E-state index contributed by atoms with van der Waals surface area (Å²) < 4.78 is 6.60. The molecule has 2 N–H and O–H groups in total. The van der Waals surface area contributed by atoms with E-state index in [0.29, 0.717) is 17.1 Å². The van der Waals surface area contributed by atoms with Gasteiger partial charge in [0.2, 0.25) is 0 Å². The zero-order valence-electron chi connectivity index (χ0n) is 10.5. The highest BCUT2D eigenvalue weighted by Crippen LogP contribution is 2.23.